The normalized spacial score (nSPS) is 15.8. The van der Waals surface area contributed by atoms with E-state index < -0.39 is 11.6 Å². The van der Waals surface area contributed by atoms with Gasteiger partial charge in [0.05, 0.1) is 12.1 Å². The summed E-state index contributed by atoms with van der Waals surface area (Å²) < 4.78 is 5.83. The van der Waals surface area contributed by atoms with E-state index >= 15 is 0 Å². The van der Waals surface area contributed by atoms with Crippen molar-refractivity contribution in [2.24, 2.45) is 5.92 Å². The van der Waals surface area contributed by atoms with Crippen molar-refractivity contribution in [2.45, 2.75) is 45.6 Å². The third-order valence-corrected chi connectivity index (χ3v) is 4.11. The Bertz CT molecular complexity index is 690. The zero-order chi connectivity index (χ0) is 19.3. The third-order valence-electron chi connectivity index (χ3n) is 4.11. The van der Waals surface area contributed by atoms with Crippen LogP contribution >= 0.6 is 0 Å². The minimum Gasteiger partial charge on any atom is -0.481 e. The van der Waals surface area contributed by atoms with E-state index in [0.717, 1.165) is 5.56 Å². The van der Waals surface area contributed by atoms with E-state index in [4.69, 9.17) is 9.84 Å². The van der Waals surface area contributed by atoms with Crippen molar-refractivity contribution < 1.29 is 24.5 Å². The molecule has 0 saturated heterocycles. The van der Waals surface area contributed by atoms with E-state index in [9.17, 15) is 14.7 Å². The largest absolute Gasteiger partial charge is 0.481 e. The van der Waals surface area contributed by atoms with Gasteiger partial charge in [0.25, 0.3) is 0 Å². The summed E-state index contributed by atoms with van der Waals surface area (Å²) in [6, 6.07) is 7.47. The Morgan fingerprint density at radius 1 is 1.38 bits per heavy atom. The molecule has 1 aromatic carbocycles. The Balaban J connectivity index is 1.91. The van der Waals surface area contributed by atoms with Gasteiger partial charge < -0.3 is 19.8 Å². The summed E-state index contributed by atoms with van der Waals surface area (Å²) in [7, 11) is 0. The number of rotatable bonds is 9. The maximum absolute atomic E-state index is 12.1. The summed E-state index contributed by atoms with van der Waals surface area (Å²) in [6.07, 6.45) is 2.63. The van der Waals surface area contributed by atoms with Crippen molar-refractivity contribution in [3.8, 4) is 5.75 Å². The first-order valence-electron chi connectivity index (χ1n) is 8.83. The molecule has 0 aromatic heterocycles. The molecule has 2 N–H and O–H groups in total. The molecule has 142 valence electrons. The van der Waals surface area contributed by atoms with E-state index in [1.165, 1.54) is 6.08 Å². The van der Waals surface area contributed by atoms with Crippen molar-refractivity contribution in [1.82, 2.24) is 4.90 Å². The quantitative estimate of drug-likeness (QED) is 0.706. The second-order valence-corrected chi connectivity index (χ2v) is 7.61. The molecule has 1 aromatic rings. The van der Waals surface area contributed by atoms with Crippen LogP contribution in [0.4, 0.5) is 0 Å². The molecule has 1 atom stereocenters. The second kappa shape index (κ2) is 8.36. The molecule has 2 rings (SSSR count). The number of carboxylic acids is 1. The van der Waals surface area contributed by atoms with Gasteiger partial charge in [-0.05, 0) is 43.9 Å². The number of aliphatic hydroxyl groups is 1. The number of carbonyl (C=O) groups excluding carboxylic acids is 1. The van der Waals surface area contributed by atoms with Gasteiger partial charge in [0.15, 0.2) is 0 Å². The number of ether oxygens (including phenoxy) is 1. The zero-order valence-electron chi connectivity index (χ0n) is 15.6. The summed E-state index contributed by atoms with van der Waals surface area (Å²) in [5.41, 5.74) is 0.156. The van der Waals surface area contributed by atoms with Gasteiger partial charge in [-0.25, -0.2) is 0 Å². The lowest BCUT2D eigenvalue weighted by Gasteiger charge is -2.21. The van der Waals surface area contributed by atoms with Gasteiger partial charge in [-0.3, -0.25) is 9.59 Å². The molecular weight excluding hydrogens is 334 g/mol. The fourth-order valence-electron chi connectivity index (χ4n) is 2.96. The molecule has 1 amide bonds. The van der Waals surface area contributed by atoms with E-state index in [2.05, 4.69) is 0 Å². The number of hydrogen-bond donors (Lipinski definition) is 2. The summed E-state index contributed by atoms with van der Waals surface area (Å²) in [5, 5.41) is 18.7. The molecule has 0 saturated carbocycles. The smallest absolute Gasteiger partial charge is 0.303 e. The van der Waals surface area contributed by atoms with Crippen LogP contribution in [0.3, 0.4) is 0 Å². The number of aliphatic carboxylic acids is 1. The molecule has 1 aliphatic heterocycles. The monoisotopic (exact) mass is 361 g/mol. The summed E-state index contributed by atoms with van der Waals surface area (Å²) in [6.45, 7) is 6.33. The van der Waals surface area contributed by atoms with Crippen LogP contribution in [0, 0.1) is 5.92 Å². The minimum absolute atomic E-state index is 0.105. The molecule has 0 spiro atoms. The van der Waals surface area contributed by atoms with Crippen LogP contribution in [0.15, 0.2) is 36.1 Å². The van der Waals surface area contributed by atoms with Gasteiger partial charge in [-0.1, -0.05) is 19.1 Å². The predicted octanol–water partition coefficient (Wildman–Crippen LogP) is 2.61. The number of amides is 1. The number of carboxylic acid groups (broad SMARTS) is 1. The Hall–Kier alpha value is -2.34. The maximum Gasteiger partial charge on any atom is 0.303 e. The fourth-order valence-corrected chi connectivity index (χ4v) is 2.96. The number of nitrogens with zero attached hydrogens (tertiary/aromatic N) is 1. The van der Waals surface area contributed by atoms with Crippen LogP contribution < -0.4 is 4.74 Å². The third kappa shape index (κ3) is 6.52. The topological polar surface area (TPSA) is 87.1 Å². The van der Waals surface area contributed by atoms with Crippen LogP contribution in [-0.2, 0) is 16.0 Å². The number of hydrogen-bond acceptors (Lipinski definition) is 4. The highest BCUT2D eigenvalue weighted by Gasteiger charge is 2.25. The van der Waals surface area contributed by atoms with Crippen LogP contribution in [0.2, 0.25) is 0 Å². The van der Waals surface area contributed by atoms with Crippen LogP contribution in [-0.4, -0.2) is 45.7 Å². The summed E-state index contributed by atoms with van der Waals surface area (Å²) in [5.74, 6) is 0.373. The average Bonchev–Trinajstić information content (AvgIpc) is 2.83. The van der Waals surface area contributed by atoms with Crippen molar-refractivity contribution in [3.63, 3.8) is 0 Å². The zero-order valence-corrected chi connectivity index (χ0v) is 15.6. The van der Waals surface area contributed by atoms with Gasteiger partial charge in [0, 0.05) is 25.5 Å². The first-order chi connectivity index (χ1) is 12.1. The van der Waals surface area contributed by atoms with Crippen molar-refractivity contribution in [2.75, 3.05) is 13.1 Å². The summed E-state index contributed by atoms with van der Waals surface area (Å²) in [4.78, 5) is 24.4. The Kier molecular flexibility index (Phi) is 6.42. The average molecular weight is 361 g/mol. The Morgan fingerprint density at radius 2 is 2.12 bits per heavy atom. The summed E-state index contributed by atoms with van der Waals surface area (Å²) >= 11 is 0. The van der Waals surface area contributed by atoms with Gasteiger partial charge in [0.1, 0.15) is 11.5 Å². The van der Waals surface area contributed by atoms with Gasteiger partial charge in [-0.15, -0.1) is 0 Å². The number of carbonyl (C=O) groups is 2. The molecule has 1 aliphatic rings. The van der Waals surface area contributed by atoms with Crippen LogP contribution in [0.5, 0.6) is 5.75 Å². The highest BCUT2D eigenvalue weighted by atomic mass is 16.5. The lowest BCUT2D eigenvalue weighted by molar-refractivity contribution is -0.137. The SMILES string of the molecule is CC(CCC(=O)O)CN1CC(Oc2cccc(CC(C)(C)O)c2)=CC1=O. The molecule has 0 aliphatic carbocycles. The molecule has 1 heterocycles. The van der Waals surface area contributed by atoms with Gasteiger partial charge >= 0.3 is 5.97 Å². The maximum atomic E-state index is 12.1. The molecule has 6 heteroatoms. The van der Waals surface area contributed by atoms with E-state index in [-0.39, 0.29) is 18.2 Å². The molecule has 0 bridgehead atoms. The lowest BCUT2D eigenvalue weighted by atomic mass is 9.99. The van der Waals surface area contributed by atoms with Gasteiger partial charge in [-0.2, -0.15) is 0 Å². The van der Waals surface area contributed by atoms with Crippen molar-refractivity contribution in [3.05, 3.63) is 41.7 Å². The highest BCUT2D eigenvalue weighted by Crippen LogP contribution is 2.22. The van der Waals surface area contributed by atoms with Crippen molar-refractivity contribution >= 4 is 11.9 Å². The fraction of sp³-hybridized carbons (Fsp3) is 0.500. The highest BCUT2D eigenvalue weighted by molar-refractivity contribution is 5.90. The molecule has 0 fully saturated rings. The minimum atomic E-state index is -0.822. The second-order valence-electron chi connectivity index (χ2n) is 7.61. The molecular formula is C20H27NO5. The van der Waals surface area contributed by atoms with E-state index in [1.54, 1.807) is 18.7 Å². The lowest BCUT2D eigenvalue weighted by Crippen LogP contribution is -2.31. The molecule has 1 unspecified atom stereocenters. The standard InChI is InChI=1S/C20H27NO5/c1-14(7-8-19(23)24)12-21-13-17(10-18(21)22)26-16-6-4-5-15(9-16)11-20(2,3)25/h4-6,9-10,14,25H,7-8,11-13H2,1-3H3,(H,23,24). The molecule has 0 radical (unpaired) electrons. The Morgan fingerprint density at radius 3 is 2.77 bits per heavy atom. The van der Waals surface area contributed by atoms with Crippen LogP contribution in [0.25, 0.3) is 0 Å². The first kappa shape index (κ1) is 20.0. The van der Waals surface area contributed by atoms with Crippen molar-refractivity contribution in [1.29, 1.82) is 0 Å². The molecule has 26 heavy (non-hydrogen) atoms. The molecule has 6 nitrogen and oxygen atoms in total. The van der Waals surface area contributed by atoms with E-state index in [1.807, 2.05) is 31.2 Å². The first-order valence-corrected chi connectivity index (χ1v) is 8.83. The number of benzene rings is 1. The Labute approximate surface area is 154 Å². The van der Waals surface area contributed by atoms with Crippen LogP contribution in [0.1, 0.15) is 39.2 Å². The van der Waals surface area contributed by atoms with Gasteiger partial charge in [0.2, 0.25) is 5.91 Å². The predicted molar refractivity (Wildman–Crippen MR) is 97.8 cm³/mol. The van der Waals surface area contributed by atoms with E-state index in [0.29, 0.717) is 37.4 Å².